The van der Waals surface area contributed by atoms with Crippen molar-refractivity contribution in [1.82, 2.24) is 9.38 Å². The van der Waals surface area contributed by atoms with E-state index >= 15 is 0 Å². The van der Waals surface area contributed by atoms with Crippen molar-refractivity contribution in [2.45, 2.75) is 13.5 Å². The van der Waals surface area contributed by atoms with Gasteiger partial charge in [-0.05, 0) is 24.6 Å². The van der Waals surface area contributed by atoms with Crippen LogP contribution in [0.3, 0.4) is 0 Å². The summed E-state index contributed by atoms with van der Waals surface area (Å²) in [6.07, 6.45) is 3.85. The Hall–Kier alpha value is -2.60. The fourth-order valence-electron chi connectivity index (χ4n) is 2.10. The fourth-order valence-corrected chi connectivity index (χ4v) is 2.33. The summed E-state index contributed by atoms with van der Waals surface area (Å²) < 4.78 is 7.51. The second-order valence-electron chi connectivity index (χ2n) is 4.86. The Balaban J connectivity index is 1.77. The lowest BCUT2D eigenvalue weighted by atomic mass is 10.3. The van der Waals surface area contributed by atoms with Gasteiger partial charge >= 0.3 is 0 Å². The number of hydrogen-bond acceptors (Lipinski definition) is 4. The molecule has 0 aliphatic heterocycles. The number of rotatable bonds is 4. The third-order valence-electron chi connectivity index (χ3n) is 3.15. The molecule has 0 unspecified atom stereocenters. The third-order valence-corrected chi connectivity index (χ3v) is 3.45. The summed E-state index contributed by atoms with van der Waals surface area (Å²) in [7, 11) is 0. The summed E-state index contributed by atoms with van der Waals surface area (Å²) >= 11 is 5.98. The van der Waals surface area contributed by atoms with Crippen LogP contribution in [0.2, 0.25) is 5.02 Å². The van der Waals surface area contributed by atoms with Crippen molar-refractivity contribution in [3.8, 4) is 5.75 Å². The Morgan fingerprint density at radius 1 is 1.32 bits per heavy atom. The number of aryl methyl sites for hydroxylation is 1. The first kappa shape index (κ1) is 14.3. The smallest absolute Gasteiger partial charge is 0.271 e. The molecule has 0 amide bonds. The van der Waals surface area contributed by atoms with Gasteiger partial charge in [-0.25, -0.2) is 4.98 Å². The molecule has 0 aliphatic rings. The van der Waals surface area contributed by atoms with Crippen molar-refractivity contribution in [3.63, 3.8) is 0 Å². The number of benzene rings is 1. The minimum absolute atomic E-state index is 0.0689. The van der Waals surface area contributed by atoms with E-state index in [1.807, 2.05) is 35.9 Å². The standard InChI is InChI=1S/C15H12ClN3O3/c1-10-2-5-15-17-11(8-18(15)7-10)9-22-14-4-3-12(19(20)21)6-13(14)16/h2-8H,9H2,1H3. The Labute approximate surface area is 131 Å². The number of ether oxygens (including phenoxy) is 1. The largest absolute Gasteiger partial charge is 0.486 e. The van der Waals surface area contributed by atoms with E-state index in [9.17, 15) is 10.1 Å². The van der Waals surface area contributed by atoms with Crippen LogP contribution < -0.4 is 4.74 Å². The van der Waals surface area contributed by atoms with Crippen LogP contribution in [0.25, 0.3) is 5.65 Å². The minimum Gasteiger partial charge on any atom is -0.486 e. The zero-order valence-corrected chi connectivity index (χ0v) is 12.4. The molecule has 7 heteroatoms. The predicted molar refractivity (Wildman–Crippen MR) is 82.4 cm³/mol. The van der Waals surface area contributed by atoms with Gasteiger partial charge in [0.25, 0.3) is 5.69 Å². The molecule has 0 spiro atoms. The molecule has 6 nitrogen and oxygen atoms in total. The van der Waals surface area contributed by atoms with E-state index in [0.29, 0.717) is 5.75 Å². The summed E-state index contributed by atoms with van der Waals surface area (Å²) in [6, 6.07) is 8.02. The van der Waals surface area contributed by atoms with Crippen LogP contribution in [0, 0.1) is 17.0 Å². The van der Waals surface area contributed by atoms with Crippen molar-refractivity contribution in [2.75, 3.05) is 0 Å². The van der Waals surface area contributed by atoms with E-state index in [4.69, 9.17) is 16.3 Å². The Kier molecular flexibility index (Phi) is 3.68. The van der Waals surface area contributed by atoms with Crippen LogP contribution in [0.15, 0.2) is 42.7 Å². The highest BCUT2D eigenvalue weighted by atomic mass is 35.5. The highest BCUT2D eigenvalue weighted by Gasteiger charge is 2.11. The van der Waals surface area contributed by atoms with Crippen molar-refractivity contribution in [1.29, 1.82) is 0 Å². The Bertz CT molecular complexity index is 860. The van der Waals surface area contributed by atoms with E-state index < -0.39 is 4.92 Å². The minimum atomic E-state index is -0.500. The molecule has 0 bridgehead atoms. The topological polar surface area (TPSA) is 69.7 Å². The zero-order valence-electron chi connectivity index (χ0n) is 11.7. The second-order valence-corrected chi connectivity index (χ2v) is 5.27. The van der Waals surface area contributed by atoms with Crippen molar-refractivity contribution in [2.24, 2.45) is 0 Å². The number of fused-ring (bicyclic) bond motifs is 1. The number of nitrogens with zero attached hydrogens (tertiary/aromatic N) is 3. The maximum Gasteiger partial charge on any atom is 0.271 e. The van der Waals surface area contributed by atoms with E-state index in [0.717, 1.165) is 16.9 Å². The number of pyridine rings is 1. The van der Waals surface area contributed by atoms with Gasteiger partial charge in [0, 0.05) is 24.5 Å². The lowest BCUT2D eigenvalue weighted by molar-refractivity contribution is -0.384. The predicted octanol–water partition coefficient (Wildman–Crippen LogP) is 3.78. The first-order valence-electron chi connectivity index (χ1n) is 6.54. The summed E-state index contributed by atoms with van der Waals surface area (Å²) in [5.74, 6) is 0.389. The number of hydrogen-bond donors (Lipinski definition) is 0. The second kappa shape index (κ2) is 5.65. The van der Waals surface area contributed by atoms with Gasteiger partial charge in [-0.2, -0.15) is 0 Å². The van der Waals surface area contributed by atoms with Gasteiger partial charge in [-0.3, -0.25) is 10.1 Å². The molecular weight excluding hydrogens is 306 g/mol. The van der Waals surface area contributed by atoms with Gasteiger partial charge in [0.15, 0.2) is 0 Å². The number of halogens is 1. The lowest BCUT2D eigenvalue weighted by Crippen LogP contribution is -1.97. The lowest BCUT2D eigenvalue weighted by Gasteiger charge is -2.05. The SMILES string of the molecule is Cc1ccc2nc(COc3ccc([N+](=O)[O-])cc3Cl)cn2c1. The number of nitro groups is 1. The summed E-state index contributed by atoms with van der Waals surface area (Å²) in [5, 5.41) is 10.9. The summed E-state index contributed by atoms with van der Waals surface area (Å²) in [6.45, 7) is 2.24. The maximum absolute atomic E-state index is 10.7. The molecule has 112 valence electrons. The zero-order chi connectivity index (χ0) is 15.7. The first-order valence-corrected chi connectivity index (χ1v) is 6.92. The molecule has 2 heterocycles. The quantitative estimate of drug-likeness (QED) is 0.542. The molecule has 0 saturated carbocycles. The molecule has 0 saturated heterocycles. The van der Waals surface area contributed by atoms with Crippen molar-refractivity contribution >= 4 is 22.9 Å². The summed E-state index contributed by atoms with van der Waals surface area (Å²) in [4.78, 5) is 14.6. The van der Waals surface area contributed by atoms with Crippen LogP contribution in [-0.2, 0) is 6.61 Å². The van der Waals surface area contributed by atoms with E-state index in [1.165, 1.54) is 18.2 Å². The molecule has 22 heavy (non-hydrogen) atoms. The number of aromatic nitrogens is 2. The van der Waals surface area contributed by atoms with Crippen molar-refractivity contribution in [3.05, 3.63) is 69.1 Å². The Morgan fingerprint density at radius 3 is 2.86 bits per heavy atom. The van der Waals surface area contributed by atoms with Gasteiger partial charge in [-0.15, -0.1) is 0 Å². The van der Waals surface area contributed by atoms with Gasteiger partial charge in [0.2, 0.25) is 0 Å². The van der Waals surface area contributed by atoms with Gasteiger partial charge < -0.3 is 9.14 Å². The molecule has 0 radical (unpaired) electrons. The maximum atomic E-state index is 10.7. The molecule has 0 N–H and O–H groups in total. The van der Waals surface area contributed by atoms with Crippen LogP contribution in [0.5, 0.6) is 5.75 Å². The number of nitro benzene ring substituents is 1. The highest BCUT2D eigenvalue weighted by Crippen LogP contribution is 2.29. The summed E-state index contributed by atoms with van der Waals surface area (Å²) in [5.41, 5.74) is 2.65. The van der Waals surface area contributed by atoms with Crippen LogP contribution >= 0.6 is 11.6 Å². The first-order chi connectivity index (χ1) is 10.5. The van der Waals surface area contributed by atoms with Crippen LogP contribution in [0.4, 0.5) is 5.69 Å². The highest BCUT2D eigenvalue weighted by molar-refractivity contribution is 6.32. The average Bonchev–Trinajstić information content (AvgIpc) is 2.87. The average molecular weight is 318 g/mol. The molecule has 3 rings (SSSR count). The van der Waals surface area contributed by atoms with Gasteiger partial charge in [0.05, 0.1) is 15.6 Å². The molecule has 3 aromatic rings. The molecular formula is C15H12ClN3O3. The molecule has 2 aromatic heterocycles. The van der Waals surface area contributed by atoms with E-state index in [1.54, 1.807) is 0 Å². The van der Waals surface area contributed by atoms with Gasteiger partial charge in [-0.1, -0.05) is 17.7 Å². The monoisotopic (exact) mass is 317 g/mol. The van der Waals surface area contributed by atoms with Crippen LogP contribution in [0.1, 0.15) is 11.3 Å². The van der Waals surface area contributed by atoms with Crippen LogP contribution in [-0.4, -0.2) is 14.3 Å². The molecule has 0 fully saturated rings. The Morgan fingerprint density at radius 2 is 2.14 bits per heavy atom. The molecule has 1 aromatic carbocycles. The number of non-ortho nitro benzene ring substituents is 1. The van der Waals surface area contributed by atoms with E-state index in [2.05, 4.69) is 4.98 Å². The van der Waals surface area contributed by atoms with E-state index in [-0.39, 0.29) is 17.3 Å². The normalized spacial score (nSPS) is 10.8. The third kappa shape index (κ3) is 2.87. The van der Waals surface area contributed by atoms with Gasteiger partial charge in [0.1, 0.15) is 18.0 Å². The van der Waals surface area contributed by atoms with Crippen molar-refractivity contribution < 1.29 is 9.66 Å². The fraction of sp³-hybridized carbons (Fsp3) is 0.133. The molecule has 0 atom stereocenters. The molecule has 0 aliphatic carbocycles. The number of imidazole rings is 1.